The predicted molar refractivity (Wildman–Crippen MR) is 133 cm³/mol. The van der Waals surface area contributed by atoms with Crippen molar-refractivity contribution in [3.05, 3.63) is 107 Å². The van der Waals surface area contributed by atoms with Crippen LogP contribution >= 0.6 is 12.2 Å². The first kappa shape index (κ1) is 21.1. The molecule has 174 valence electrons. The molecule has 1 fully saturated rings. The Balaban J connectivity index is 1.50. The maximum atomic E-state index is 11.4. The molecular weight excluding hydrogens is 466 g/mol. The molecule has 0 saturated carbocycles. The monoisotopic (exact) mass is 485 g/mol. The van der Waals surface area contributed by atoms with Crippen molar-refractivity contribution in [1.29, 1.82) is 0 Å². The lowest BCUT2D eigenvalue weighted by Gasteiger charge is -2.29. The highest BCUT2D eigenvalue weighted by molar-refractivity contribution is 7.80. The molecule has 2 unspecified atom stereocenters. The molecule has 2 aromatic carbocycles. The van der Waals surface area contributed by atoms with Gasteiger partial charge >= 0.3 is 0 Å². The highest BCUT2D eigenvalue weighted by Crippen LogP contribution is 2.45. The van der Waals surface area contributed by atoms with Crippen LogP contribution in [0.3, 0.4) is 0 Å². The third-order valence-corrected chi connectivity index (χ3v) is 6.45. The van der Waals surface area contributed by atoms with Gasteiger partial charge in [0.1, 0.15) is 6.04 Å². The van der Waals surface area contributed by atoms with E-state index in [0.29, 0.717) is 22.3 Å². The number of pyridine rings is 1. The van der Waals surface area contributed by atoms with E-state index in [1.54, 1.807) is 18.3 Å². The molecule has 0 spiro atoms. The standard InChI is InChI=1S/C25H19N5O4S/c31-30(32)18-6-3-5-16(13-18)28-12-4-8-20(28)24-23(19-7-1-2-11-26-19)27-25(35)29(24)17-9-10-21-22(14-17)34-15-33-21/h1-14,23-24H,15H2,(H,27,35). The zero-order valence-electron chi connectivity index (χ0n) is 18.3. The van der Waals surface area contributed by atoms with Crippen LogP contribution in [-0.2, 0) is 0 Å². The summed E-state index contributed by atoms with van der Waals surface area (Å²) in [5, 5.41) is 15.4. The van der Waals surface area contributed by atoms with Gasteiger partial charge in [0.2, 0.25) is 6.79 Å². The molecule has 1 N–H and O–H groups in total. The van der Waals surface area contributed by atoms with Crippen LogP contribution in [0, 0.1) is 10.1 Å². The average Bonchev–Trinajstić information content (AvgIpc) is 3.62. The van der Waals surface area contributed by atoms with Crippen molar-refractivity contribution in [2.24, 2.45) is 0 Å². The molecule has 0 bridgehead atoms. The molecule has 0 radical (unpaired) electrons. The van der Waals surface area contributed by atoms with Gasteiger partial charge in [0.25, 0.3) is 5.69 Å². The lowest BCUT2D eigenvalue weighted by Crippen LogP contribution is -2.30. The fraction of sp³-hybridized carbons (Fsp3) is 0.120. The lowest BCUT2D eigenvalue weighted by atomic mass is 10.0. The second-order valence-corrected chi connectivity index (χ2v) is 8.50. The average molecular weight is 486 g/mol. The van der Waals surface area contributed by atoms with Gasteiger partial charge in [0.15, 0.2) is 16.6 Å². The van der Waals surface area contributed by atoms with E-state index in [2.05, 4.69) is 10.3 Å². The molecule has 6 rings (SSSR count). The quantitative estimate of drug-likeness (QED) is 0.247. The Morgan fingerprint density at radius 1 is 1.00 bits per heavy atom. The van der Waals surface area contributed by atoms with E-state index in [1.165, 1.54) is 6.07 Å². The number of fused-ring (bicyclic) bond motifs is 1. The molecule has 4 aromatic rings. The summed E-state index contributed by atoms with van der Waals surface area (Å²) in [6.45, 7) is 0.178. The van der Waals surface area contributed by atoms with Crippen LogP contribution in [0.25, 0.3) is 5.69 Å². The molecule has 9 nitrogen and oxygen atoms in total. The van der Waals surface area contributed by atoms with Crippen molar-refractivity contribution < 1.29 is 14.4 Å². The van der Waals surface area contributed by atoms with E-state index < -0.39 is 4.92 Å². The van der Waals surface area contributed by atoms with E-state index >= 15 is 0 Å². The fourth-order valence-corrected chi connectivity index (χ4v) is 4.94. The number of rotatable bonds is 5. The Bertz CT molecular complexity index is 1440. The summed E-state index contributed by atoms with van der Waals surface area (Å²) in [4.78, 5) is 17.6. The second kappa shape index (κ2) is 8.41. The summed E-state index contributed by atoms with van der Waals surface area (Å²) >= 11 is 5.81. The number of nitrogens with zero attached hydrogens (tertiary/aromatic N) is 4. The van der Waals surface area contributed by atoms with E-state index in [4.69, 9.17) is 21.7 Å². The Labute approximate surface area is 205 Å². The molecule has 2 atom stereocenters. The van der Waals surface area contributed by atoms with Crippen molar-refractivity contribution in [1.82, 2.24) is 14.9 Å². The highest BCUT2D eigenvalue weighted by atomic mass is 32.1. The Morgan fingerprint density at radius 3 is 2.71 bits per heavy atom. The van der Waals surface area contributed by atoms with Crippen LogP contribution in [0.1, 0.15) is 23.5 Å². The minimum Gasteiger partial charge on any atom is -0.454 e. The van der Waals surface area contributed by atoms with Crippen LogP contribution in [0.15, 0.2) is 85.2 Å². The van der Waals surface area contributed by atoms with Crippen LogP contribution in [0.5, 0.6) is 11.5 Å². The van der Waals surface area contributed by atoms with Crippen LogP contribution in [0.2, 0.25) is 0 Å². The molecule has 0 aliphatic carbocycles. The van der Waals surface area contributed by atoms with Crippen molar-refractivity contribution in [2.45, 2.75) is 12.1 Å². The summed E-state index contributed by atoms with van der Waals surface area (Å²) in [5.41, 5.74) is 3.27. The summed E-state index contributed by atoms with van der Waals surface area (Å²) in [7, 11) is 0. The number of nitrogens with one attached hydrogen (secondary N) is 1. The molecular formula is C25H19N5O4S. The third kappa shape index (κ3) is 3.64. The van der Waals surface area contributed by atoms with Gasteiger partial charge in [-0.2, -0.15) is 0 Å². The normalized spacial score (nSPS) is 18.5. The topological polar surface area (TPSA) is 94.7 Å². The number of anilines is 1. The summed E-state index contributed by atoms with van der Waals surface area (Å²) in [6, 6.07) is 21.4. The van der Waals surface area contributed by atoms with Gasteiger partial charge in [-0.3, -0.25) is 15.1 Å². The third-order valence-electron chi connectivity index (χ3n) is 6.13. The van der Waals surface area contributed by atoms with Crippen LogP contribution in [0.4, 0.5) is 11.4 Å². The molecule has 2 aliphatic heterocycles. The maximum Gasteiger partial charge on any atom is 0.271 e. The number of hydrogen-bond donors (Lipinski definition) is 1. The number of benzene rings is 2. The van der Waals surface area contributed by atoms with Crippen molar-refractivity contribution in [3.63, 3.8) is 0 Å². The molecule has 10 heteroatoms. The Kier molecular flexibility index (Phi) is 5.07. The second-order valence-electron chi connectivity index (χ2n) is 8.11. The fourth-order valence-electron chi connectivity index (χ4n) is 4.60. The number of thiocarbonyl (C=S) groups is 1. The van der Waals surface area contributed by atoms with E-state index in [0.717, 1.165) is 17.1 Å². The maximum absolute atomic E-state index is 11.4. The Morgan fingerprint density at radius 2 is 1.89 bits per heavy atom. The number of nitro benzene ring substituents is 1. The van der Waals surface area contributed by atoms with Gasteiger partial charge in [-0.25, -0.2) is 0 Å². The van der Waals surface area contributed by atoms with E-state index in [9.17, 15) is 10.1 Å². The molecule has 35 heavy (non-hydrogen) atoms. The van der Waals surface area contributed by atoms with E-state index in [1.807, 2.05) is 70.3 Å². The van der Waals surface area contributed by atoms with Gasteiger partial charge in [-0.05, 0) is 54.7 Å². The van der Waals surface area contributed by atoms with Crippen molar-refractivity contribution in [2.75, 3.05) is 11.7 Å². The van der Waals surface area contributed by atoms with Gasteiger partial charge < -0.3 is 24.3 Å². The van der Waals surface area contributed by atoms with Crippen molar-refractivity contribution in [3.8, 4) is 17.2 Å². The highest BCUT2D eigenvalue weighted by Gasteiger charge is 2.42. The lowest BCUT2D eigenvalue weighted by molar-refractivity contribution is -0.384. The number of aromatic nitrogens is 2. The molecule has 2 aromatic heterocycles. The van der Waals surface area contributed by atoms with Crippen molar-refractivity contribution >= 4 is 28.7 Å². The van der Waals surface area contributed by atoms with Crippen LogP contribution < -0.4 is 19.7 Å². The molecule has 4 heterocycles. The van der Waals surface area contributed by atoms with Gasteiger partial charge in [-0.1, -0.05) is 12.1 Å². The minimum atomic E-state index is -0.394. The Hall–Kier alpha value is -4.44. The first-order valence-electron chi connectivity index (χ1n) is 10.9. The number of nitro groups is 1. The van der Waals surface area contributed by atoms with Gasteiger partial charge in [0.05, 0.1) is 22.3 Å². The largest absolute Gasteiger partial charge is 0.454 e. The minimum absolute atomic E-state index is 0.0242. The van der Waals surface area contributed by atoms with E-state index in [-0.39, 0.29) is 24.6 Å². The smallest absolute Gasteiger partial charge is 0.271 e. The van der Waals surface area contributed by atoms with Gasteiger partial charge in [0, 0.05) is 42.0 Å². The summed E-state index contributed by atoms with van der Waals surface area (Å²) in [6.07, 6.45) is 3.64. The summed E-state index contributed by atoms with van der Waals surface area (Å²) < 4.78 is 13.0. The zero-order valence-corrected chi connectivity index (χ0v) is 19.1. The SMILES string of the molecule is O=[N+]([O-])c1cccc(-n2cccc2C2C(c3ccccn3)NC(=S)N2c2ccc3c(c2)OCO3)c1. The number of hydrogen-bond acceptors (Lipinski definition) is 6. The molecule has 0 amide bonds. The summed E-state index contributed by atoms with van der Waals surface area (Å²) in [5.74, 6) is 1.34. The number of ether oxygens (including phenoxy) is 2. The predicted octanol–water partition coefficient (Wildman–Crippen LogP) is 4.69. The first-order valence-corrected chi connectivity index (χ1v) is 11.3. The van der Waals surface area contributed by atoms with Crippen LogP contribution in [-0.4, -0.2) is 26.4 Å². The van der Waals surface area contributed by atoms with Gasteiger partial charge in [-0.15, -0.1) is 0 Å². The zero-order chi connectivity index (χ0) is 23.9. The molecule has 1 saturated heterocycles. The molecule has 2 aliphatic rings. The number of non-ortho nitro benzene ring substituents is 1. The first-order chi connectivity index (χ1) is 17.1.